The first kappa shape index (κ1) is 21.6. The SMILES string of the molecule is ClCCNc1ccc(-c2nc(C(Cl)(Cl)Cl)nc(C(Cl)(Cl)Cl)n2)c(Cl)c1. The third kappa shape index (κ3) is 5.91. The minimum Gasteiger partial charge on any atom is -0.384 e. The Bertz CT molecular complexity index is 724. The molecule has 2 aromatic rings. The maximum atomic E-state index is 6.30. The van der Waals surface area contributed by atoms with Crippen LogP contribution in [0.5, 0.6) is 0 Å². The second-order valence-electron chi connectivity index (χ2n) is 4.61. The lowest BCUT2D eigenvalue weighted by molar-refractivity contribution is 0.851. The molecule has 0 unspecified atom stereocenters. The Morgan fingerprint density at radius 3 is 1.88 bits per heavy atom. The smallest absolute Gasteiger partial charge is 0.250 e. The molecule has 12 heteroatoms. The average Bonchev–Trinajstić information content (AvgIpc) is 2.51. The highest BCUT2D eigenvalue weighted by molar-refractivity contribution is 6.67. The number of hydrogen-bond donors (Lipinski definition) is 1. The van der Waals surface area contributed by atoms with Crippen LogP contribution >= 0.6 is 92.8 Å². The van der Waals surface area contributed by atoms with Crippen LogP contribution in [0.15, 0.2) is 18.2 Å². The van der Waals surface area contributed by atoms with Crippen molar-refractivity contribution in [1.29, 1.82) is 0 Å². The van der Waals surface area contributed by atoms with Crippen molar-refractivity contribution in [2.45, 2.75) is 7.59 Å². The predicted molar refractivity (Wildman–Crippen MR) is 108 cm³/mol. The molecule has 0 saturated carbocycles. The van der Waals surface area contributed by atoms with Crippen molar-refractivity contribution in [1.82, 2.24) is 15.0 Å². The van der Waals surface area contributed by atoms with Gasteiger partial charge in [-0.25, -0.2) is 15.0 Å². The first-order valence-corrected chi connectivity index (χ1v) is 9.70. The van der Waals surface area contributed by atoms with Crippen LogP contribution in [0.25, 0.3) is 11.4 Å². The summed E-state index contributed by atoms with van der Waals surface area (Å²) in [6.07, 6.45) is 0. The van der Waals surface area contributed by atoms with Gasteiger partial charge in [-0.3, -0.25) is 0 Å². The topological polar surface area (TPSA) is 50.7 Å². The van der Waals surface area contributed by atoms with Gasteiger partial charge in [-0.2, -0.15) is 0 Å². The van der Waals surface area contributed by atoms with Crippen molar-refractivity contribution < 1.29 is 0 Å². The maximum absolute atomic E-state index is 6.30. The zero-order valence-corrected chi connectivity index (χ0v) is 18.1. The normalized spacial score (nSPS) is 12.3. The molecule has 1 heterocycles. The van der Waals surface area contributed by atoms with E-state index < -0.39 is 7.59 Å². The van der Waals surface area contributed by atoms with Crippen LogP contribution in [0.2, 0.25) is 5.02 Å². The molecule has 0 bridgehead atoms. The Balaban J connectivity index is 2.54. The number of nitrogens with zero attached hydrogens (tertiary/aromatic N) is 3. The largest absolute Gasteiger partial charge is 0.384 e. The third-order valence-electron chi connectivity index (χ3n) is 2.78. The summed E-state index contributed by atoms with van der Waals surface area (Å²) in [5.41, 5.74) is 1.22. The summed E-state index contributed by atoms with van der Waals surface area (Å²) in [7, 11) is 0. The number of rotatable bonds is 4. The van der Waals surface area contributed by atoms with Gasteiger partial charge in [0.25, 0.3) is 0 Å². The number of benzene rings is 1. The van der Waals surface area contributed by atoms with E-state index >= 15 is 0 Å². The molecule has 0 atom stereocenters. The molecule has 4 nitrogen and oxygen atoms in total. The van der Waals surface area contributed by atoms with Crippen molar-refractivity contribution in [2.75, 3.05) is 17.7 Å². The molecule has 1 aromatic heterocycles. The fraction of sp³-hybridized carbons (Fsp3) is 0.308. The van der Waals surface area contributed by atoms with Crippen molar-refractivity contribution >= 4 is 98.5 Å². The molecular formula is C13H8Cl8N4. The summed E-state index contributed by atoms with van der Waals surface area (Å²) >= 11 is 47.1. The molecule has 1 N–H and O–H groups in total. The highest BCUT2D eigenvalue weighted by Crippen LogP contribution is 2.41. The lowest BCUT2D eigenvalue weighted by atomic mass is 10.2. The molecule has 136 valence electrons. The van der Waals surface area contributed by atoms with Gasteiger partial charge in [0.1, 0.15) is 0 Å². The predicted octanol–water partition coefficient (Wildman–Crippen LogP) is 6.50. The van der Waals surface area contributed by atoms with E-state index in [1.165, 1.54) is 0 Å². The summed E-state index contributed by atoms with van der Waals surface area (Å²) in [6.45, 7) is 0.581. The van der Waals surface area contributed by atoms with Gasteiger partial charge in [0.05, 0.1) is 5.02 Å². The second kappa shape index (κ2) is 8.57. The number of anilines is 1. The highest BCUT2D eigenvalue weighted by Gasteiger charge is 2.34. The maximum Gasteiger partial charge on any atom is 0.250 e. The van der Waals surface area contributed by atoms with Crippen LogP contribution in [-0.2, 0) is 7.59 Å². The van der Waals surface area contributed by atoms with Gasteiger partial charge in [-0.15, -0.1) is 11.6 Å². The average molecular weight is 504 g/mol. The third-order valence-corrected chi connectivity index (χ3v) is 4.29. The monoisotopic (exact) mass is 500 g/mol. The highest BCUT2D eigenvalue weighted by atomic mass is 35.6. The fourth-order valence-corrected chi connectivity index (χ4v) is 2.61. The zero-order valence-electron chi connectivity index (χ0n) is 12.0. The lowest BCUT2D eigenvalue weighted by Crippen LogP contribution is -2.16. The molecule has 0 saturated heterocycles. The first-order valence-electron chi connectivity index (χ1n) is 6.52. The van der Waals surface area contributed by atoms with Crippen LogP contribution < -0.4 is 5.32 Å². The van der Waals surface area contributed by atoms with Gasteiger partial charge in [0.2, 0.25) is 7.59 Å². The van der Waals surface area contributed by atoms with Crippen LogP contribution in [0.1, 0.15) is 11.6 Å². The zero-order chi connectivity index (χ0) is 18.8. The van der Waals surface area contributed by atoms with Crippen LogP contribution in [0, 0.1) is 0 Å². The fourth-order valence-electron chi connectivity index (χ4n) is 1.75. The van der Waals surface area contributed by atoms with Gasteiger partial charge in [-0.05, 0) is 18.2 Å². The number of alkyl halides is 7. The quantitative estimate of drug-likeness (QED) is 0.484. The molecule has 0 aliphatic carbocycles. The van der Waals surface area contributed by atoms with E-state index in [9.17, 15) is 0 Å². The number of hydrogen-bond acceptors (Lipinski definition) is 4. The van der Waals surface area contributed by atoms with Gasteiger partial charge >= 0.3 is 0 Å². The second-order valence-corrected chi connectivity index (χ2v) is 9.96. The molecule has 0 fully saturated rings. The van der Waals surface area contributed by atoms with E-state index in [0.717, 1.165) is 5.69 Å². The van der Waals surface area contributed by atoms with Crippen molar-refractivity contribution in [3.05, 3.63) is 34.9 Å². The lowest BCUT2D eigenvalue weighted by Gasteiger charge is -2.16. The van der Waals surface area contributed by atoms with Crippen LogP contribution in [0.4, 0.5) is 5.69 Å². The molecule has 0 aliphatic heterocycles. The van der Waals surface area contributed by atoms with E-state index in [1.54, 1.807) is 18.2 Å². The molecule has 25 heavy (non-hydrogen) atoms. The number of halogens is 8. The number of aromatic nitrogens is 3. The van der Waals surface area contributed by atoms with Crippen LogP contribution in [-0.4, -0.2) is 27.4 Å². The Hall–Kier alpha value is 0.350. The number of nitrogens with one attached hydrogen (secondary N) is 1. The Morgan fingerprint density at radius 2 is 1.44 bits per heavy atom. The molecule has 0 spiro atoms. The minimum absolute atomic E-state index is 0.103. The molecule has 1 aromatic carbocycles. The van der Waals surface area contributed by atoms with E-state index in [1.807, 2.05) is 0 Å². The molecule has 0 aliphatic rings. The summed E-state index contributed by atoms with van der Waals surface area (Å²) in [5, 5.41) is 3.43. The molecular weight excluding hydrogens is 496 g/mol. The summed E-state index contributed by atoms with van der Waals surface area (Å²) in [4.78, 5) is 12.1. The Kier molecular flexibility index (Phi) is 7.42. The van der Waals surface area contributed by atoms with E-state index in [2.05, 4.69) is 20.3 Å². The summed E-state index contributed by atoms with van der Waals surface area (Å²) < 4.78 is -3.87. The first-order chi connectivity index (χ1) is 11.5. The standard InChI is InChI=1S/C13H8Cl8N4/c14-3-4-22-6-1-2-7(8(15)5-6)9-23-10(12(16,17)18)25-11(24-9)13(19,20)21/h1-2,5,22H,3-4H2. The van der Waals surface area contributed by atoms with E-state index in [4.69, 9.17) is 92.8 Å². The van der Waals surface area contributed by atoms with Crippen LogP contribution in [0.3, 0.4) is 0 Å². The van der Waals surface area contributed by atoms with Crippen molar-refractivity contribution in [3.8, 4) is 11.4 Å². The Labute approximate surface area is 184 Å². The molecule has 0 amide bonds. The van der Waals surface area contributed by atoms with Gasteiger partial charge in [0, 0.05) is 23.7 Å². The molecule has 2 rings (SSSR count). The van der Waals surface area contributed by atoms with Gasteiger partial charge < -0.3 is 5.32 Å². The minimum atomic E-state index is -1.93. The van der Waals surface area contributed by atoms with Crippen molar-refractivity contribution in [3.63, 3.8) is 0 Å². The van der Waals surface area contributed by atoms with Crippen molar-refractivity contribution in [2.24, 2.45) is 0 Å². The van der Waals surface area contributed by atoms with E-state index in [0.29, 0.717) is 23.0 Å². The summed E-state index contributed by atoms with van der Waals surface area (Å²) in [5.74, 6) is 0.173. The van der Waals surface area contributed by atoms with Gasteiger partial charge in [-0.1, -0.05) is 81.2 Å². The van der Waals surface area contributed by atoms with Gasteiger partial charge in [0.15, 0.2) is 17.5 Å². The molecule has 0 radical (unpaired) electrons. The van der Waals surface area contributed by atoms with E-state index in [-0.39, 0.29) is 17.5 Å². The Morgan fingerprint density at radius 1 is 0.880 bits per heavy atom. The summed E-state index contributed by atoms with van der Waals surface area (Å²) in [6, 6.07) is 5.12.